The molecule has 30 heavy (non-hydrogen) atoms. The Morgan fingerprint density at radius 3 is 2.47 bits per heavy atom. The lowest BCUT2D eigenvalue weighted by Crippen LogP contribution is -2.16. The van der Waals surface area contributed by atoms with Crippen molar-refractivity contribution in [2.45, 2.75) is 24.8 Å². The van der Waals surface area contributed by atoms with Gasteiger partial charge < -0.3 is 5.32 Å². The molecule has 3 aromatic rings. The molecule has 13 heteroatoms. The summed E-state index contributed by atoms with van der Waals surface area (Å²) < 4.78 is 28.3. The van der Waals surface area contributed by atoms with Gasteiger partial charge in [0.25, 0.3) is 10.0 Å². The lowest BCUT2D eigenvalue weighted by Gasteiger charge is -2.08. The van der Waals surface area contributed by atoms with E-state index in [0.717, 1.165) is 0 Å². The molecule has 0 aliphatic rings. The molecule has 0 aliphatic carbocycles. The van der Waals surface area contributed by atoms with Gasteiger partial charge in [0.1, 0.15) is 11.9 Å². The first-order chi connectivity index (χ1) is 14.2. The highest BCUT2D eigenvalue weighted by Crippen LogP contribution is 2.17. The Balaban J connectivity index is 1.58. The third-order valence-electron chi connectivity index (χ3n) is 3.92. The van der Waals surface area contributed by atoms with Crippen LogP contribution in [0.5, 0.6) is 0 Å². The third kappa shape index (κ3) is 5.14. The number of hydrogen-bond donors (Lipinski definition) is 2. The van der Waals surface area contributed by atoms with Crippen LogP contribution in [0, 0.1) is 17.0 Å². The van der Waals surface area contributed by atoms with Crippen LogP contribution < -0.4 is 10.0 Å². The van der Waals surface area contributed by atoms with E-state index in [0.29, 0.717) is 5.69 Å². The van der Waals surface area contributed by atoms with Crippen molar-refractivity contribution in [3.63, 3.8) is 0 Å². The van der Waals surface area contributed by atoms with Crippen LogP contribution in [0.4, 0.5) is 17.3 Å². The summed E-state index contributed by atoms with van der Waals surface area (Å²) in [7, 11) is -3.87. The molecule has 0 fully saturated rings. The molecule has 2 heterocycles. The van der Waals surface area contributed by atoms with Crippen molar-refractivity contribution in [3.05, 3.63) is 64.7 Å². The van der Waals surface area contributed by atoms with E-state index in [2.05, 4.69) is 25.1 Å². The van der Waals surface area contributed by atoms with Crippen molar-refractivity contribution in [2.24, 2.45) is 0 Å². The zero-order valence-electron chi connectivity index (χ0n) is 15.7. The zero-order valence-corrected chi connectivity index (χ0v) is 16.5. The standard InChI is InChI=1S/C17H17N7O5S/c1-12-15(24(26)27)11-23(21-12)10-7-16(25)20-13-3-5-14(6-4-13)30(28,29)22-17-18-8-2-9-19-17/h2-6,8-9,11H,7,10H2,1H3,(H,20,25)(H,18,19,22). The molecule has 2 N–H and O–H groups in total. The van der Waals surface area contributed by atoms with Gasteiger partial charge in [-0.05, 0) is 37.3 Å². The summed E-state index contributed by atoms with van der Waals surface area (Å²) in [5.41, 5.74) is 0.561. The molecule has 156 valence electrons. The molecule has 1 aromatic carbocycles. The molecule has 2 aromatic heterocycles. The van der Waals surface area contributed by atoms with Gasteiger partial charge in [-0.2, -0.15) is 5.10 Å². The minimum atomic E-state index is -3.87. The second kappa shape index (κ2) is 8.65. The number of carbonyl (C=O) groups excluding carboxylic acids is 1. The molecule has 0 aliphatic heterocycles. The van der Waals surface area contributed by atoms with Gasteiger partial charge >= 0.3 is 5.69 Å². The van der Waals surface area contributed by atoms with Crippen LogP contribution in [0.15, 0.2) is 53.8 Å². The van der Waals surface area contributed by atoms with Gasteiger partial charge in [-0.3, -0.25) is 19.6 Å². The fraction of sp³-hybridized carbons (Fsp3) is 0.176. The van der Waals surface area contributed by atoms with Gasteiger partial charge in [0.2, 0.25) is 11.9 Å². The van der Waals surface area contributed by atoms with Crippen LogP contribution in [-0.2, 0) is 21.4 Å². The Kier molecular flexibility index (Phi) is 6.01. The summed E-state index contributed by atoms with van der Waals surface area (Å²) >= 11 is 0. The fourth-order valence-electron chi connectivity index (χ4n) is 2.49. The first-order valence-corrected chi connectivity index (χ1v) is 10.1. The maximum atomic E-state index is 12.3. The summed E-state index contributed by atoms with van der Waals surface area (Å²) in [6, 6.07) is 7.12. The summed E-state index contributed by atoms with van der Waals surface area (Å²) in [5.74, 6) is -0.402. The number of nitrogens with zero attached hydrogens (tertiary/aromatic N) is 5. The maximum absolute atomic E-state index is 12.3. The fourth-order valence-corrected chi connectivity index (χ4v) is 3.45. The Labute approximate surface area is 171 Å². The van der Waals surface area contributed by atoms with Crippen molar-refractivity contribution in [3.8, 4) is 0 Å². The SMILES string of the molecule is Cc1nn(CCC(=O)Nc2ccc(S(=O)(=O)Nc3ncccn3)cc2)cc1[N+](=O)[O-]. The molecular weight excluding hydrogens is 414 g/mol. The average molecular weight is 431 g/mol. The van der Waals surface area contributed by atoms with Crippen molar-refractivity contribution < 1.29 is 18.1 Å². The summed E-state index contributed by atoms with van der Waals surface area (Å²) in [6.07, 6.45) is 4.12. The first-order valence-electron chi connectivity index (χ1n) is 8.63. The Hall–Kier alpha value is -3.87. The number of sulfonamides is 1. The second-order valence-corrected chi connectivity index (χ2v) is 7.80. The number of aromatic nitrogens is 4. The predicted octanol–water partition coefficient (Wildman–Crippen LogP) is 1.72. The van der Waals surface area contributed by atoms with Crippen LogP contribution in [0.3, 0.4) is 0 Å². The van der Waals surface area contributed by atoms with Gasteiger partial charge in [0.05, 0.1) is 9.82 Å². The molecule has 0 radical (unpaired) electrons. The van der Waals surface area contributed by atoms with Gasteiger partial charge in [0.15, 0.2) is 0 Å². The molecule has 3 rings (SSSR count). The topological polar surface area (TPSA) is 162 Å². The second-order valence-electron chi connectivity index (χ2n) is 6.12. The number of aryl methyl sites for hydroxylation is 2. The summed E-state index contributed by atoms with van der Waals surface area (Å²) in [5, 5.41) is 17.5. The molecule has 0 saturated carbocycles. The number of nitro groups is 1. The van der Waals surface area contributed by atoms with E-state index in [1.807, 2.05) is 0 Å². The molecule has 0 atom stereocenters. The minimum absolute atomic E-state index is 0.0210. The molecule has 0 spiro atoms. The molecule has 0 unspecified atom stereocenters. The highest BCUT2D eigenvalue weighted by Gasteiger charge is 2.17. The monoisotopic (exact) mass is 431 g/mol. The van der Waals surface area contributed by atoms with Crippen LogP contribution in [0.25, 0.3) is 0 Å². The van der Waals surface area contributed by atoms with E-state index in [1.54, 1.807) is 6.07 Å². The predicted molar refractivity (Wildman–Crippen MR) is 106 cm³/mol. The van der Waals surface area contributed by atoms with Crippen LogP contribution >= 0.6 is 0 Å². The Morgan fingerprint density at radius 1 is 1.20 bits per heavy atom. The van der Waals surface area contributed by atoms with Gasteiger partial charge in [-0.1, -0.05) is 0 Å². The molecule has 0 bridgehead atoms. The largest absolute Gasteiger partial charge is 0.326 e. The quantitative estimate of drug-likeness (QED) is 0.402. The van der Waals surface area contributed by atoms with E-state index in [-0.39, 0.29) is 41.1 Å². The van der Waals surface area contributed by atoms with Gasteiger partial charge in [-0.25, -0.2) is 23.1 Å². The molecule has 0 saturated heterocycles. The van der Waals surface area contributed by atoms with Crippen molar-refractivity contribution in [1.29, 1.82) is 0 Å². The first kappa shape index (κ1) is 20.9. The van der Waals surface area contributed by atoms with Gasteiger partial charge in [0, 0.05) is 31.0 Å². The van der Waals surface area contributed by atoms with Crippen LogP contribution in [-0.4, -0.2) is 39.0 Å². The molecule has 12 nitrogen and oxygen atoms in total. The summed E-state index contributed by atoms with van der Waals surface area (Å²) in [6.45, 7) is 1.68. The average Bonchev–Trinajstić information content (AvgIpc) is 3.08. The van der Waals surface area contributed by atoms with E-state index in [9.17, 15) is 23.3 Å². The Morgan fingerprint density at radius 2 is 1.87 bits per heavy atom. The third-order valence-corrected chi connectivity index (χ3v) is 5.27. The number of carbonyl (C=O) groups is 1. The van der Waals surface area contributed by atoms with E-state index < -0.39 is 14.9 Å². The number of nitrogens with one attached hydrogen (secondary N) is 2. The smallest absolute Gasteiger partial charge is 0.309 e. The van der Waals surface area contributed by atoms with E-state index in [4.69, 9.17) is 0 Å². The number of hydrogen-bond acceptors (Lipinski definition) is 8. The molecule has 1 amide bonds. The van der Waals surface area contributed by atoms with Crippen molar-refractivity contribution >= 4 is 33.3 Å². The van der Waals surface area contributed by atoms with Crippen LogP contribution in [0.2, 0.25) is 0 Å². The number of anilines is 2. The number of benzene rings is 1. The summed E-state index contributed by atoms with van der Waals surface area (Å²) in [4.78, 5) is 30.0. The van der Waals surface area contributed by atoms with Gasteiger partial charge in [-0.15, -0.1) is 0 Å². The number of amides is 1. The normalized spacial score (nSPS) is 11.1. The molecular formula is C17H17N7O5S. The minimum Gasteiger partial charge on any atom is -0.326 e. The maximum Gasteiger partial charge on any atom is 0.309 e. The van der Waals surface area contributed by atoms with Crippen molar-refractivity contribution in [2.75, 3.05) is 10.0 Å². The highest BCUT2D eigenvalue weighted by atomic mass is 32.2. The van der Waals surface area contributed by atoms with E-state index in [1.165, 1.54) is 54.5 Å². The highest BCUT2D eigenvalue weighted by molar-refractivity contribution is 7.92. The van der Waals surface area contributed by atoms with E-state index >= 15 is 0 Å². The van der Waals surface area contributed by atoms with Crippen molar-refractivity contribution in [1.82, 2.24) is 19.7 Å². The van der Waals surface area contributed by atoms with Crippen LogP contribution in [0.1, 0.15) is 12.1 Å². The lowest BCUT2D eigenvalue weighted by molar-refractivity contribution is -0.385. The number of rotatable bonds is 8. The lowest BCUT2D eigenvalue weighted by atomic mass is 10.3. The zero-order chi connectivity index (χ0) is 21.7. The Bertz CT molecular complexity index is 1160.